The number of ether oxygens (including phenoxy) is 1. The van der Waals surface area contributed by atoms with Crippen LogP contribution < -0.4 is 16.0 Å². The quantitative estimate of drug-likeness (QED) is 0.503. The molecule has 3 rings (SSSR count). The predicted octanol–water partition coefficient (Wildman–Crippen LogP) is 3.56. The molecule has 156 valence electrons. The van der Waals surface area contributed by atoms with E-state index in [0.717, 1.165) is 12.1 Å². The summed E-state index contributed by atoms with van der Waals surface area (Å²) < 4.78 is 32.9. The predicted molar refractivity (Wildman–Crippen MR) is 110 cm³/mol. The summed E-state index contributed by atoms with van der Waals surface area (Å²) in [4.78, 5) is 26.5. The van der Waals surface area contributed by atoms with Gasteiger partial charge < -0.3 is 20.6 Å². The van der Waals surface area contributed by atoms with Gasteiger partial charge in [-0.25, -0.2) is 8.78 Å². The number of aryl methyl sites for hydroxylation is 1. The zero-order valence-corrected chi connectivity index (χ0v) is 17.3. The molecule has 0 aliphatic carbocycles. The number of hydrogen-bond donors (Lipinski definition) is 3. The summed E-state index contributed by atoms with van der Waals surface area (Å²) in [5.74, 6) is -2.14. The molecule has 9 heteroatoms. The number of benzene rings is 2. The molecule has 0 atom stereocenters. The van der Waals surface area contributed by atoms with Crippen molar-refractivity contribution in [3.8, 4) is 16.9 Å². The summed E-state index contributed by atoms with van der Waals surface area (Å²) in [6, 6.07) is 7.79. The van der Waals surface area contributed by atoms with Gasteiger partial charge in [-0.05, 0) is 58.2 Å². The largest absolute Gasteiger partial charge is 0.487 e. The lowest BCUT2D eigenvalue weighted by Gasteiger charge is -2.18. The third-order valence-corrected chi connectivity index (χ3v) is 5.25. The molecule has 6 nitrogen and oxygen atoms in total. The monoisotopic (exact) mass is 478 g/mol. The van der Waals surface area contributed by atoms with Gasteiger partial charge in [0, 0.05) is 22.8 Å². The van der Waals surface area contributed by atoms with E-state index in [9.17, 15) is 23.5 Å². The highest BCUT2D eigenvalue weighted by Gasteiger charge is 2.22. The molecule has 0 aliphatic heterocycles. The number of halogens is 3. The van der Waals surface area contributed by atoms with Crippen LogP contribution in [0.1, 0.15) is 27.2 Å². The number of nitrogens with two attached hydrogens (primary N) is 1. The smallest absolute Gasteiger partial charge is 0.266 e. The normalized spacial score (nSPS) is 10.8. The highest BCUT2D eigenvalue weighted by molar-refractivity contribution is 9.10. The Hall–Kier alpha value is -3.04. The Balaban J connectivity index is 2.18. The average Bonchev–Trinajstić information content (AvgIpc) is 2.70. The average molecular weight is 479 g/mol. The molecule has 3 aromatic rings. The maximum atomic E-state index is 14.0. The van der Waals surface area contributed by atoms with Crippen LogP contribution in [0.3, 0.4) is 0 Å². The maximum absolute atomic E-state index is 14.0. The minimum absolute atomic E-state index is 0.0149. The number of amides is 1. The summed E-state index contributed by atoms with van der Waals surface area (Å²) in [5, 5.41) is 9.81. The lowest BCUT2D eigenvalue weighted by molar-refractivity contribution is 0.100. The van der Waals surface area contributed by atoms with Crippen molar-refractivity contribution >= 4 is 21.8 Å². The summed E-state index contributed by atoms with van der Waals surface area (Å²) in [6.45, 7) is 0.934. The standard InChI is InChI=1S/C21H17BrF2N2O4/c1-10-2-3-11(20(25)28)6-14(10)17-16(8-27)26-21(29)18(22)19(17)30-9-12-4-5-13(23)7-15(12)24/h2-7,27H,8-9H2,1H3,(H2,25,28)(H,26,29). The number of aliphatic hydroxyl groups is 1. The number of aromatic amines is 1. The molecule has 1 amide bonds. The van der Waals surface area contributed by atoms with Gasteiger partial charge in [-0.15, -0.1) is 0 Å². The fraction of sp³-hybridized carbons (Fsp3) is 0.143. The molecule has 30 heavy (non-hydrogen) atoms. The van der Waals surface area contributed by atoms with Crippen molar-refractivity contribution in [2.45, 2.75) is 20.1 Å². The van der Waals surface area contributed by atoms with Gasteiger partial charge in [0.2, 0.25) is 5.91 Å². The highest BCUT2D eigenvalue weighted by atomic mass is 79.9. The minimum Gasteiger partial charge on any atom is -0.487 e. The van der Waals surface area contributed by atoms with Gasteiger partial charge in [-0.3, -0.25) is 9.59 Å². The SMILES string of the molecule is Cc1ccc(C(N)=O)cc1-c1c(CO)[nH]c(=O)c(Br)c1OCc1ccc(F)cc1F. The van der Waals surface area contributed by atoms with Gasteiger partial charge in [0.1, 0.15) is 28.5 Å². The third-order valence-electron chi connectivity index (χ3n) is 4.53. The number of primary amides is 1. The van der Waals surface area contributed by atoms with E-state index in [-0.39, 0.29) is 33.6 Å². The van der Waals surface area contributed by atoms with Crippen molar-refractivity contribution in [1.29, 1.82) is 0 Å². The van der Waals surface area contributed by atoms with Crippen LogP contribution in [0.2, 0.25) is 0 Å². The van der Waals surface area contributed by atoms with Gasteiger partial charge >= 0.3 is 0 Å². The van der Waals surface area contributed by atoms with E-state index in [1.54, 1.807) is 19.1 Å². The highest BCUT2D eigenvalue weighted by Crippen LogP contribution is 2.39. The van der Waals surface area contributed by atoms with E-state index in [1.165, 1.54) is 12.1 Å². The zero-order valence-electron chi connectivity index (χ0n) is 15.8. The molecule has 0 unspecified atom stereocenters. The van der Waals surface area contributed by atoms with Crippen molar-refractivity contribution in [2.24, 2.45) is 5.73 Å². The first-order chi connectivity index (χ1) is 14.2. The van der Waals surface area contributed by atoms with Crippen LogP contribution in [-0.4, -0.2) is 16.0 Å². The van der Waals surface area contributed by atoms with Crippen LogP contribution in [0.25, 0.3) is 11.1 Å². The van der Waals surface area contributed by atoms with Gasteiger partial charge in [0.15, 0.2) is 0 Å². The van der Waals surface area contributed by atoms with Gasteiger partial charge in [-0.2, -0.15) is 0 Å². The first-order valence-electron chi connectivity index (χ1n) is 8.76. The number of carbonyl (C=O) groups excluding carboxylic acids is 1. The molecule has 1 heterocycles. The zero-order chi connectivity index (χ0) is 22.0. The first kappa shape index (κ1) is 21.7. The second-order valence-corrected chi connectivity index (χ2v) is 7.32. The first-order valence-corrected chi connectivity index (χ1v) is 9.55. The number of rotatable bonds is 6. The van der Waals surface area contributed by atoms with E-state index in [2.05, 4.69) is 20.9 Å². The molecule has 0 bridgehead atoms. The van der Waals surface area contributed by atoms with E-state index in [0.29, 0.717) is 16.7 Å². The molecular formula is C21H17BrF2N2O4. The van der Waals surface area contributed by atoms with E-state index in [1.807, 2.05) is 0 Å². The van der Waals surface area contributed by atoms with Gasteiger partial charge in [0.25, 0.3) is 5.56 Å². The molecule has 1 aromatic heterocycles. The number of H-pyrrole nitrogens is 1. The van der Waals surface area contributed by atoms with Gasteiger partial charge in [-0.1, -0.05) is 6.07 Å². The number of pyridine rings is 1. The second-order valence-electron chi connectivity index (χ2n) is 6.53. The second kappa shape index (κ2) is 8.76. The van der Waals surface area contributed by atoms with Gasteiger partial charge in [0.05, 0.1) is 12.3 Å². The molecule has 0 radical (unpaired) electrons. The molecule has 0 spiro atoms. The fourth-order valence-electron chi connectivity index (χ4n) is 2.98. The van der Waals surface area contributed by atoms with Crippen LogP contribution in [-0.2, 0) is 13.2 Å². The Morgan fingerprint density at radius 3 is 2.60 bits per heavy atom. The number of carbonyl (C=O) groups is 1. The van der Waals surface area contributed by atoms with Crippen molar-refractivity contribution < 1.29 is 23.4 Å². The number of aromatic nitrogens is 1. The molecule has 0 fully saturated rings. The Bertz CT molecular complexity index is 1190. The van der Waals surface area contributed by atoms with E-state index >= 15 is 0 Å². The Kier molecular flexibility index (Phi) is 6.33. The Morgan fingerprint density at radius 2 is 1.97 bits per heavy atom. The Morgan fingerprint density at radius 1 is 1.23 bits per heavy atom. The summed E-state index contributed by atoms with van der Waals surface area (Å²) in [7, 11) is 0. The summed E-state index contributed by atoms with van der Waals surface area (Å²) in [5.41, 5.74) is 6.76. The molecule has 4 N–H and O–H groups in total. The number of hydrogen-bond acceptors (Lipinski definition) is 4. The van der Waals surface area contributed by atoms with Crippen LogP contribution in [0.15, 0.2) is 45.7 Å². The Labute approximate surface area is 178 Å². The summed E-state index contributed by atoms with van der Waals surface area (Å²) in [6.07, 6.45) is 0. The van der Waals surface area contributed by atoms with E-state index in [4.69, 9.17) is 10.5 Å². The molecular weight excluding hydrogens is 462 g/mol. The van der Waals surface area contributed by atoms with Crippen LogP contribution in [0, 0.1) is 18.6 Å². The van der Waals surface area contributed by atoms with Crippen molar-refractivity contribution in [3.63, 3.8) is 0 Å². The summed E-state index contributed by atoms with van der Waals surface area (Å²) >= 11 is 3.17. The van der Waals surface area contributed by atoms with Crippen LogP contribution in [0.5, 0.6) is 5.75 Å². The molecule has 0 saturated heterocycles. The lowest BCUT2D eigenvalue weighted by Crippen LogP contribution is -2.16. The van der Waals surface area contributed by atoms with Crippen molar-refractivity contribution in [2.75, 3.05) is 0 Å². The lowest BCUT2D eigenvalue weighted by atomic mass is 9.96. The minimum atomic E-state index is -0.799. The molecule has 2 aromatic carbocycles. The van der Waals surface area contributed by atoms with Crippen LogP contribution >= 0.6 is 15.9 Å². The number of nitrogens with one attached hydrogen (secondary N) is 1. The number of aliphatic hydroxyl groups excluding tert-OH is 1. The topological polar surface area (TPSA) is 105 Å². The maximum Gasteiger partial charge on any atom is 0.266 e. The van der Waals surface area contributed by atoms with Crippen molar-refractivity contribution in [1.82, 2.24) is 4.98 Å². The molecule has 0 saturated carbocycles. The molecule has 0 aliphatic rings. The fourth-order valence-corrected chi connectivity index (χ4v) is 3.39. The van der Waals surface area contributed by atoms with Crippen molar-refractivity contribution in [3.05, 3.63) is 85.2 Å². The third kappa shape index (κ3) is 4.27. The van der Waals surface area contributed by atoms with E-state index < -0.39 is 29.7 Å². The van der Waals surface area contributed by atoms with Crippen LogP contribution in [0.4, 0.5) is 8.78 Å².